The van der Waals surface area contributed by atoms with Crippen LogP contribution in [0.2, 0.25) is 0 Å². The molecule has 0 heterocycles. The molecule has 0 unspecified atom stereocenters. The summed E-state index contributed by atoms with van der Waals surface area (Å²) in [6.07, 6.45) is 1.04. The van der Waals surface area contributed by atoms with Gasteiger partial charge in [0.05, 0.1) is 12.8 Å². The molecule has 0 bridgehead atoms. The fourth-order valence-corrected chi connectivity index (χ4v) is 2.28. The van der Waals surface area contributed by atoms with Crippen LogP contribution < -0.4 is 10.3 Å². The van der Waals surface area contributed by atoms with Gasteiger partial charge in [-0.05, 0) is 37.1 Å². The standard InChI is InChI=1S/C19H23N3O2/c1-3-22(15-17-8-6-5-7-9-17)18-12-10-16(11-13-18)14-20-21-19(23)24-4-2/h5-14H,3-4,15H2,1-2H3,(H,21,23). The monoisotopic (exact) mass is 325 g/mol. The van der Waals surface area contributed by atoms with Crippen LogP contribution in [-0.2, 0) is 11.3 Å². The minimum absolute atomic E-state index is 0.324. The number of nitrogens with zero attached hydrogens (tertiary/aromatic N) is 2. The first-order chi connectivity index (χ1) is 11.7. The van der Waals surface area contributed by atoms with Gasteiger partial charge in [0.1, 0.15) is 0 Å². The molecule has 2 rings (SSSR count). The molecule has 5 nitrogen and oxygen atoms in total. The summed E-state index contributed by atoms with van der Waals surface area (Å²) < 4.78 is 4.73. The van der Waals surface area contributed by atoms with Crippen molar-refractivity contribution in [2.45, 2.75) is 20.4 Å². The van der Waals surface area contributed by atoms with Crippen LogP contribution >= 0.6 is 0 Å². The maximum atomic E-state index is 11.1. The lowest BCUT2D eigenvalue weighted by Crippen LogP contribution is -2.21. The average molecular weight is 325 g/mol. The molecule has 5 heteroatoms. The lowest BCUT2D eigenvalue weighted by Gasteiger charge is -2.23. The number of rotatable bonds is 7. The fourth-order valence-electron chi connectivity index (χ4n) is 2.28. The maximum absolute atomic E-state index is 11.1. The first-order valence-electron chi connectivity index (χ1n) is 8.07. The van der Waals surface area contributed by atoms with E-state index in [0.29, 0.717) is 6.61 Å². The molecule has 0 fully saturated rings. The number of amides is 1. The Morgan fingerprint density at radius 3 is 2.46 bits per heavy atom. The highest BCUT2D eigenvalue weighted by molar-refractivity contribution is 5.81. The summed E-state index contributed by atoms with van der Waals surface area (Å²) >= 11 is 0. The molecule has 0 spiro atoms. The highest BCUT2D eigenvalue weighted by Crippen LogP contribution is 2.17. The van der Waals surface area contributed by atoms with Crippen molar-refractivity contribution >= 4 is 18.0 Å². The molecule has 0 aliphatic heterocycles. The van der Waals surface area contributed by atoms with E-state index in [4.69, 9.17) is 4.74 Å². The Balaban J connectivity index is 1.97. The Labute approximate surface area is 142 Å². The number of carbonyl (C=O) groups excluding carboxylic acids is 1. The number of anilines is 1. The summed E-state index contributed by atoms with van der Waals surface area (Å²) in [7, 11) is 0. The summed E-state index contributed by atoms with van der Waals surface area (Å²) in [6, 6.07) is 18.4. The topological polar surface area (TPSA) is 53.9 Å². The molecule has 0 saturated heterocycles. The number of nitrogens with one attached hydrogen (secondary N) is 1. The summed E-state index contributed by atoms with van der Waals surface area (Å²) in [5.41, 5.74) is 5.65. The van der Waals surface area contributed by atoms with Gasteiger partial charge in [0.15, 0.2) is 0 Å². The normalized spacial score (nSPS) is 10.6. The molecule has 0 saturated carbocycles. The number of hydrogen-bond donors (Lipinski definition) is 1. The van der Waals surface area contributed by atoms with E-state index >= 15 is 0 Å². The number of carbonyl (C=O) groups is 1. The Kier molecular flexibility index (Phi) is 6.83. The predicted molar refractivity (Wildman–Crippen MR) is 97.4 cm³/mol. The van der Waals surface area contributed by atoms with Gasteiger partial charge < -0.3 is 9.64 Å². The summed E-state index contributed by atoms with van der Waals surface area (Å²) in [4.78, 5) is 13.4. The van der Waals surface area contributed by atoms with E-state index in [-0.39, 0.29) is 0 Å². The van der Waals surface area contributed by atoms with E-state index < -0.39 is 6.09 Å². The van der Waals surface area contributed by atoms with Gasteiger partial charge in [-0.25, -0.2) is 10.2 Å². The molecular formula is C19H23N3O2. The molecule has 1 amide bonds. The zero-order valence-corrected chi connectivity index (χ0v) is 14.1. The second kappa shape index (κ2) is 9.35. The largest absolute Gasteiger partial charge is 0.449 e. The van der Waals surface area contributed by atoms with Crippen molar-refractivity contribution in [3.63, 3.8) is 0 Å². The summed E-state index contributed by atoms with van der Waals surface area (Å²) in [6.45, 7) is 6.00. The van der Waals surface area contributed by atoms with E-state index in [1.165, 1.54) is 5.56 Å². The molecule has 1 N–H and O–H groups in total. The number of ether oxygens (including phenoxy) is 1. The molecule has 0 aliphatic carbocycles. The van der Waals surface area contributed by atoms with Crippen molar-refractivity contribution in [3.05, 3.63) is 65.7 Å². The SMILES string of the molecule is CCOC(=O)NN=Cc1ccc(N(CC)Cc2ccccc2)cc1. The van der Waals surface area contributed by atoms with Gasteiger partial charge in [0.25, 0.3) is 0 Å². The van der Waals surface area contributed by atoms with Gasteiger partial charge in [-0.15, -0.1) is 0 Å². The van der Waals surface area contributed by atoms with E-state index in [2.05, 4.69) is 58.7 Å². The van der Waals surface area contributed by atoms with Crippen molar-refractivity contribution in [1.82, 2.24) is 5.43 Å². The third-order valence-electron chi connectivity index (χ3n) is 3.50. The van der Waals surface area contributed by atoms with Crippen molar-refractivity contribution in [2.75, 3.05) is 18.1 Å². The van der Waals surface area contributed by atoms with E-state index in [0.717, 1.165) is 24.3 Å². The van der Waals surface area contributed by atoms with Crippen molar-refractivity contribution in [1.29, 1.82) is 0 Å². The highest BCUT2D eigenvalue weighted by Gasteiger charge is 2.05. The second-order valence-electron chi connectivity index (χ2n) is 5.18. The number of benzene rings is 2. The van der Waals surface area contributed by atoms with Crippen LogP contribution in [-0.4, -0.2) is 25.5 Å². The van der Waals surface area contributed by atoms with Crippen molar-refractivity contribution in [3.8, 4) is 0 Å². The Hall–Kier alpha value is -2.82. The van der Waals surface area contributed by atoms with Crippen LogP contribution in [0.4, 0.5) is 10.5 Å². The number of hydrogen-bond acceptors (Lipinski definition) is 4. The molecule has 0 aliphatic rings. The van der Waals surface area contributed by atoms with Gasteiger partial charge in [-0.3, -0.25) is 0 Å². The average Bonchev–Trinajstić information content (AvgIpc) is 2.61. The van der Waals surface area contributed by atoms with Crippen molar-refractivity contribution < 1.29 is 9.53 Å². The van der Waals surface area contributed by atoms with Crippen LogP contribution in [0.3, 0.4) is 0 Å². The van der Waals surface area contributed by atoms with Crippen LogP contribution in [0.5, 0.6) is 0 Å². The molecule has 0 atom stereocenters. The van der Waals surface area contributed by atoms with Gasteiger partial charge in [0.2, 0.25) is 0 Å². The van der Waals surface area contributed by atoms with E-state index in [1.807, 2.05) is 18.2 Å². The summed E-state index contributed by atoms with van der Waals surface area (Å²) in [5, 5.41) is 3.86. The van der Waals surface area contributed by atoms with Crippen LogP contribution in [0, 0.1) is 0 Å². The predicted octanol–water partition coefficient (Wildman–Crippen LogP) is 3.79. The third-order valence-corrected chi connectivity index (χ3v) is 3.50. The lowest BCUT2D eigenvalue weighted by molar-refractivity contribution is 0.152. The first-order valence-corrected chi connectivity index (χ1v) is 8.07. The Morgan fingerprint density at radius 2 is 1.83 bits per heavy atom. The van der Waals surface area contributed by atoms with Crippen LogP contribution in [0.25, 0.3) is 0 Å². The molecular weight excluding hydrogens is 302 g/mol. The number of hydrazone groups is 1. The molecule has 2 aromatic carbocycles. The maximum Gasteiger partial charge on any atom is 0.427 e. The Morgan fingerprint density at radius 1 is 1.12 bits per heavy atom. The van der Waals surface area contributed by atoms with Crippen molar-refractivity contribution in [2.24, 2.45) is 5.10 Å². The summed E-state index contributed by atoms with van der Waals surface area (Å²) in [5.74, 6) is 0. The van der Waals surface area contributed by atoms with Gasteiger partial charge in [0, 0.05) is 18.8 Å². The van der Waals surface area contributed by atoms with Gasteiger partial charge in [-0.1, -0.05) is 42.5 Å². The fraction of sp³-hybridized carbons (Fsp3) is 0.263. The zero-order chi connectivity index (χ0) is 17.2. The van der Waals surface area contributed by atoms with E-state index in [1.54, 1.807) is 13.1 Å². The lowest BCUT2D eigenvalue weighted by atomic mass is 10.1. The molecule has 0 radical (unpaired) electrons. The minimum Gasteiger partial charge on any atom is -0.449 e. The molecule has 2 aromatic rings. The minimum atomic E-state index is -0.551. The quantitative estimate of drug-likeness (QED) is 0.622. The molecule has 0 aromatic heterocycles. The zero-order valence-electron chi connectivity index (χ0n) is 14.1. The molecule has 126 valence electrons. The Bertz CT molecular complexity index is 654. The van der Waals surface area contributed by atoms with Gasteiger partial charge in [-0.2, -0.15) is 5.10 Å². The first kappa shape index (κ1) is 17.5. The smallest absolute Gasteiger partial charge is 0.427 e. The molecule has 24 heavy (non-hydrogen) atoms. The van der Waals surface area contributed by atoms with Crippen LogP contribution in [0.15, 0.2) is 59.7 Å². The third kappa shape index (κ3) is 5.43. The van der Waals surface area contributed by atoms with E-state index in [9.17, 15) is 4.79 Å². The van der Waals surface area contributed by atoms with Gasteiger partial charge >= 0.3 is 6.09 Å². The van der Waals surface area contributed by atoms with Crippen LogP contribution in [0.1, 0.15) is 25.0 Å². The second-order valence-corrected chi connectivity index (χ2v) is 5.18. The highest BCUT2D eigenvalue weighted by atomic mass is 16.5.